The SMILES string of the molecule is Cc1cnn(-c2ccc(NC(=O)N3CCCC3C(C)(C)O)cc2F)c1. The van der Waals surface area contributed by atoms with E-state index in [1.165, 1.54) is 10.7 Å². The first-order valence-corrected chi connectivity index (χ1v) is 8.37. The van der Waals surface area contributed by atoms with Crippen LogP contribution in [0.3, 0.4) is 0 Å². The van der Waals surface area contributed by atoms with Crippen molar-refractivity contribution in [2.75, 3.05) is 11.9 Å². The Bertz CT molecular complexity index is 782. The molecule has 134 valence electrons. The number of aromatic nitrogens is 2. The molecule has 0 spiro atoms. The summed E-state index contributed by atoms with van der Waals surface area (Å²) in [5.41, 5.74) is 0.655. The lowest BCUT2D eigenvalue weighted by atomic mass is 9.97. The van der Waals surface area contributed by atoms with Gasteiger partial charge in [-0.25, -0.2) is 13.9 Å². The Morgan fingerprint density at radius 2 is 2.20 bits per heavy atom. The predicted molar refractivity (Wildman–Crippen MR) is 93.3 cm³/mol. The Morgan fingerprint density at radius 3 is 2.80 bits per heavy atom. The summed E-state index contributed by atoms with van der Waals surface area (Å²) in [4.78, 5) is 14.1. The van der Waals surface area contributed by atoms with Crippen LogP contribution >= 0.6 is 0 Å². The molecule has 2 heterocycles. The summed E-state index contributed by atoms with van der Waals surface area (Å²) >= 11 is 0. The number of anilines is 1. The van der Waals surface area contributed by atoms with Crippen LogP contribution in [0.2, 0.25) is 0 Å². The van der Waals surface area contributed by atoms with E-state index < -0.39 is 11.4 Å². The van der Waals surface area contributed by atoms with Gasteiger partial charge in [-0.05, 0) is 57.4 Å². The first kappa shape index (κ1) is 17.4. The number of aryl methyl sites for hydroxylation is 1. The maximum atomic E-state index is 14.4. The number of benzene rings is 1. The lowest BCUT2D eigenvalue weighted by molar-refractivity contribution is 0.0117. The minimum atomic E-state index is -0.971. The second-order valence-corrected chi connectivity index (χ2v) is 7.06. The number of carbonyl (C=O) groups is 1. The Kier molecular flexibility index (Phi) is 4.51. The van der Waals surface area contributed by atoms with E-state index in [1.807, 2.05) is 6.92 Å². The monoisotopic (exact) mass is 346 g/mol. The zero-order chi connectivity index (χ0) is 18.2. The maximum Gasteiger partial charge on any atom is 0.322 e. The summed E-state index contributed by atoms with van der Waals surface area (Å²) in [5, 5.41) is 17.0. The molecule has 1 atom stereocenters. The largest absolute Gasteiger partial charge is 0.388 e. The quantitative estimate of drug-likeness (QED) is 0.897. The molecule has 25 heavy (non-hydrogen) atoms. The molecule has 1 aliphatic heterocycles. The van der Waals surface area contributed by atoms with Crippen molar-refractivity contribution < 1.29 is 14.3 Å². The highest BCUT2D eigenvalue weighted by Gasteiger charge is 2.38. The van der Waals surface area contributed by atoms with Crippen LogP contribution in [0.1, 0.15) is 32.3 Å². The van der Waals surface area contributed by atoms with Crippen LogP contribution < -0.4 is 5.32 Å². The first-order valence-electron chi connectivity index (χ1n) is 8.37. The third-order valence-corrected chi connectivity index (χ3v) is 4.49. The van der Waals surface area contributed by atoms with Crippen LogP contribution in [0.4, 0.5) is 14.9 Å². The molecule has 0 saturated carbocycles. The van der Waals surface area contributed by atoms with E-state index in [2.05, 4.69) is 10.4 Å². The van der Waals surface area contributed by atoms with E-state index in [0.29, 0.717) is 17.9 Å². The average Bonchev–Trinajstić information content (AvgIpc) is 3.15. The summed E-state index contributed by atoms with van der Waals surface area (Å²) in [6.07, 6.45) is 4.98. The summed E-state index contributed by atoms with van der Waals surface area (Å²) in [6.45, 7) is 5.85. The highest BCUT2D eigenvalue weighted by Crippen LogP contribution is 2.27. The third-order valence-electron chi connectivity index (χ3n) is 4.49. The van der Waals surface area contributed by atoms with E-state index in [9.17, 15) is 14.3 Å². The normalized spacial score (nSPS) is 17.8. The fourth-order valence-electron chi connectivity index (χ4n) is 3.25. The molecule has 1 unspecified atom stereocenters. The van der Waals surface area contributed by atoms with Crippen molar-refractivity contribution in [1.82, 2.24) is 14.7 Å². The summed E-state index contributed by atoms with van der Waals surface area (Å²) < 4.78 is 15.8. The van der Waals surface area contributed by atoms with Gasteiger partial charge in [-0.15, -0.1) is 0 Å². The number of hydrogen-bond donors (Lipinski definition) is 2. The predicted octanol–water partition coefficient (Wildman–Crippen LogP) is 3.09. The van der Waals surface area contributed by atoms with Crippen LogP contribution in [0, 0.1) is 12.7 Å². The molecular weight excluding hydrogens is 323 g/mol. The lowest BCUT2D eigenvalue weighted by Crippen LogP contribution is -2.49. The number of likely N-dealkylation sites (tertiary alicyclic amines) is 1. The average molecular weight is 346 g/mol. The Balaban J connectivity index is 1.75. The van der Waals surface area contributed by atoms with Gasteiger partial charge in [-0.1, -0.05) is 0 Å². The van der Waals surface area contributed by atoms with Crippen LogP contribution in [0.15, 0.2) is 30.6 Å². The van der Waals surface area contributed by atoms with Gasteiger partial charge in [-0.2, -0.15) is 5.10 Å². The Morgan fingerprint density at radius 1 is 1.44 bits per heavy atom. The third kappa shape index (κ3) is 3.66. The van der Waals surface area contributed by atoms with Crippen molar-refractivity contribution in [3.8, 4) is 5.69 Å². The maximum absolute atomic E-state index is 14.4. The summed E-state index contributed by atoms with van der Waals surface area (Å²) in [7, 11) is 0. The van der Waals surface area contributed by atoms with Gasteiger partial charge in [-0.3, -0.25) is 0 Å². The molecule has 2 aromatic rings. The van der Waals surface area contributed by atoms with Gasteiger partial charge in [0.15, 0.2) is 5.82 Å². The van der Waals surface area contributed by atoms with Gasteiger partial charge in [0.25, 0.3) is 0 Å². The van der Waals surface area contributed by atoms with Crippen molar-refractivity contribution in [3.63, 3.8) is 0 Å². The number of hydrogen-bond acceptors (Lipinski definition) is 3. The van der Waals surface area contributed by atoms with E-state index >= 15 is 0 Å². The summed E-state index contributed by atoms with van der Waals surface area (Å²) in [6, 6.07) is 3.92. The van der Waals surface area contributed by atoms with Crippen molar-refractivity contribution in [2.24, 2.45) is 0 Å². The minimum absolute atomic E-state index is 0.247. The topological polar surface area (TPSA) is 70.4 Å². The lowest BCUT2D eigenvalue weighted by Gasteiger charge is -2.33. The molecule has 3 rings (SSSR count). The van der Waals surface area contributed by atoms with Gasteiger partial charge < -0.3 is 15.3 Å². The first-order chi connectivity index (χ1) is 11.8. The number of urea groups is 1. The molecule has 0 aliphatic carbocycles. The van der Waals surface area contributed by atoms with Gasteiger partial charge >= 0.3 is 6.03 Å². The number of rotatable bonds is 3. The van der Waals surface area contributed by atoms with Crippen LogP contribution in [-0.4, -0.2) is 44.0 Å². The van der Waals surface area contributed by atoms with Crippen LogP contribution in [0.25, 0.3) is 5.69 Å². The highest BCUT2D eigenvalue weighted by atomic mass is 19.1. The van der Waals surface area contributed by atoms with Crippen molar-refractivity contribution >= 4 is 11.7 Å². The molecule has 1 aromatic carbocycles. The van der Waals surface area contributed by atoms with Crippen LogP contribution in [0.5, 0.6) is 0 Å². The number of nitrogens with zero attached hydrogens (tertiary/aromatic N) is 3. The van der Waals surface area contributed by atoms with Crippen molar-refractivity contribution in [1.29, 1.82) is 0 Å². The number of halogens is 1. The molecule has 7 heteroatoms. The van der Waals surface area contributed by atoms with Gasteiger partial charge in [0.05, 0.1) is 17.8 Å². The highest BCUT2D eigenvalue weighted by molar-refractivity contribution is 5.90. The molecule has 0 radical (unpaired) electrons. The molecule has 1 fully saturated rings. The zero-order valence-electron chi connectivity index (χ0n) is 14.7. The second kappa shape index (κ2) is 6.48. The minimum Gasteiger partial charge on any atom is -0.388 e. The van der Waals surface area contributed by atoms with Crippen molar-refractivity contribution in [3.05, 3.63) is 42.0 Å². The number of carbonyl (C=O) groups excluding carboxylic acids is 1. The van der Waals surface area contributed by atoms with Crippen molar-refractivity contribution in [2.45, 2.75) is 45.3 Å². The smallest absolute Gasteiger partial charge is 0.322 e. The molecule has 0 bridgehead atoms. The molecule has 2 N–H and O–H groups in total. The second-order valence-electron chi connectivity index (χ2n) is 7.06. The Labute approximate surface area is 146 Å². The van der Waals surface area contributed by atoms with E-state index in [1.54, 1.807) is 43.3 Å². The van der Waals surface area contributed by atoms with E-state index in [-0.39, 0.29) is 12.1 Å². The van der Waals surface area contributed by atoms with Gasteiger partial charge in [0, 0.05) is 18.4 Å². The van der Waals surface area contributed by atoms with E-state index in [0.717, 1.165) is 18.4 Å². The molecule has 1 aromatic heterocycles. The fraction of sp³-hybridized carbons (Fsp3) is 0.444. The van der Waals surface area contributed by atoms with Gasteiger partial charge in [0.2, 0.25) is 0 Å². The Hall–Kier alpha value is -2.41. The molecular formula is C18H23FN4O2. The molecule has 2 amide bonds. The number of amides is 2. The number of nitrogens with one attached hydrogen (secondary N) is 1. The zero-order valence-corrected chi connectivity index (χ0v) is 14.7. The van der Waals surface area contributed by atoms with Gasteiger partial charge in [0.1, 0.15) is 5.69 Å². The van der Waals surface area contributed by atoms with E-state index in [4.69, 9.17) is 0 Å². The molecule has 1 aliphatic rings. The van der Waals surface area contributed by atoms with Crippen LogP contribution in [-0.2, 0) is 0 Å². The fourth-order valence-corrected chi connectivity index (χ4v) is 3.25. The number of aliphatic hydroxyl groups is 1. The standard InChI is InChI=1S/C18H23FN4O2/c1-12-10-20-23(11-12)15-7-6-13(9-14(15)19)21-17(24)22-8-4-5-16(22)18(2,3)25/h6-7,9-11,16,25H,4-5,8H2,1-3H3,(H,21,24). The molecule has 6 nitrogen and oxygen atoms in total. The summed E-state index contributed by atoms with van der Waals surface area (Å²) in [5.74, 6) is -0.471. The molecule has 1 saturated heterocycles.